The lowest BCUT2D eigenvalue weighted by molar-refractivity contribution is -0.193. The molecule has 2 fully saturated rings. The van der Waals surface area contributed by atoms with Gasteiger partial charge in [0.05, 0.1) is 13.2 Å². The number of hydrogen-bond donors (Lipinski definition) is 0. The summed E-state index contributed by atoms with van der Waals surface area (Å²) in [5, 5.41) is 0. The fraction of sp³-hybridized carbons (Fsp3) is 0.647. The maximum atomic E-state index is 5.87. The topological polar surface area (TPSA) is 21.7 Å². The largest absolute Gasteiger partial charge is 0.348 e. The molecular weight excluding hydrogens is 286 g/mol. The van der Waals surface area contributed by atoms with E-state index < -0.39 is 0 Å². The summed E-state index contributed by atoms with van der Waals surface area (Å²) in [4.78, 5) is 2.38. The molecule has 1 aliphatic carbocycles. The van der Waals surface area contributed by atoms with Gasteiger partial charge in [-0.1, -0.05) is 29.8 Å². The SMILES string of the molecule is Cc1cccc(C2(N(C)C)CCC3(CC2)OCCO3)c1.Cl. The average molecular weight is 312 g/mol. The van der Waals surface area contributed by atoms with Crippen molar-refractivity contribution < 1.29 is 9.47 Å². The molecule has 0 amide bonds. The monoisotopic (exact) mass is 311 g/mol. The Morgan fingerprint density at radius 2 is 1.62 bits per heavy atom. The summed E-state index contributed by atoms with van der Waals surface area (Å²) in [7, 11) is 4.38. The number of hydrogen-bond acceptors (Lipinski definition) is 3. The van der Waals surface area contributed by atoms with E-state index in [4.69, 9.17) is 9.47 Å². The fourth-order valence-electron chi connectivity index (χ4n) is 3.76. The third kappa shape index (κ3) is 2.98. The van der Waals surface area contributed by atoms with Crippen LogP contribution < -0.4 is 0 Å². The smallest absolute Gasteiger partial charge is 0.168 e. The molecule has 3 rings (SSSR count). The lowest BCUT2D eigenvalue weighted by Gasteiger charge is -2.48. The van der Waals surface area contributed by atoms with Crippen LogP contribution in [-0.4, -0.2) is 38.0 Å². The molecule has 0 atom stereocenters. The third-order valence-electron chi connectivity index (χ3n) is 5.06. The van der Waals surface area contributed by atoms with E-state index in [1.165, 1.54) is 11.1 Å². The second-order valence-corrected chi connectivity index (χ2v) is 6.40. The zero-order valence-corrected chi connectivity index (χ0v) is 14.0. The van der Waals surface area contributed by atoms with E-state index >= 15 is 0 Å². The number of ether oxygens (including phenoxy) is 2. The molecule has 0 aromatic heterocycles. The summed E-state index contributed by atoms with van der Waals surface area (Å²) >= 11 is 0. The van der Waals surface area contributed by atoms with Gasteiger partial charge in [-0.3, -0.25) is 4.90 Å². The zero-order chi connectivity index (χ0) is 14.2. The van der Waals surface area contributed by atoms with E-state index in [0.717, 1.165) is 38.9 Å². The molecule has 1 aromatic rings. The van der Waals surface area contributed by atoms with Gasteiger partial charge in [-0.05, 0) is 39.4 Å². The van der Waals surface area contributed by atoms with Crippen LogP contribution >= 0.6 is 12.4 Å². The summed E-state index contributed by atoms with van der Waals surface area (Å²) in [6.07, 6.45) is 4.14. The number of benzene rings is 1. The summed E-state index contributed by atoms with van der Waals surface area (Å²) in [5.74, 6) is -0.288. The molecule has 3 nitrogen and oxygen atoms in total. The predicted molar refractivity (Wildman–Crippen MR) is 86.9 cm³/mol. The molecule has 0 radical (unpaired) electrons. The Morgan fingerprint density at radius 3 is 2.14 bits per heavy atom. The highest BCUT2D eigenvalue weighted by molar-refractivity contribution is 5.85. The number of halogens is 1. The lowest BCUT2D eigenvalue weighted by atomic mass is 9.73. The summed E-state index contributed by atoms with van der Waals surface area (Å²) in [6.45, 7) is 3.67. The van der Waals surface area contributed by atoms with Crippen LogP contribution in [0.5, 0.6) is 0 Å². The molecule has 1 aliphatic heterocycles. The molecule has 1 aromatic carbocycles. The van der Waals surface area contributed by atoms with Crippen LogP contribution in [0.15, 0.2) is 24.3 Å². The van der Waals surface area contributed by atoms with E-state index in [0.29, 0.717) is 0 Å². The predicted octanol–water partition coefficient (Wildman–Crippen LogP) is 3.49. The first kappa shape index (κ1) is 16.8. The van der Waals surface area contributed by atoms with E-state index in [2.05, 4.69) is 50.2 Å². The van der Waals surface area contributed by atoms with Crippen molar-refractivity contribution in [3.05, 3.63) is 35.4 Å². The molecule has 21 heavy (non-hydrogen) atoms. The van der Waals surface area contributed by atoms with Gasteiger partial charge in [-0.25, -0.2) is 0 Å². The summed E-state index contributed by atoms with van der Waals surface area (Å²) in [5.41, 5.74) is 2.87. The first-order chi connectivity index (χ1) is 9.56. The van der Waals surface area contributed by atoms with Crippen LogP contribution in [0.4, 0.5) is 0 Å². The maximum absolute atomic E-state index is 5.87. The van der Waals surface area contributed by atoms with Crippen molar-refractivity contribution in [1.29, 1.82) is 0 Å². The van der Waals surface area contributed by atoms with Gasteiger partial charge in [0.2, 0.25) is 0 Å². The molecule has 4 heteroatoms. The average Bonchev–Trinajstić information content (AvgIpc) is 2.88. The normalized spacial score (nSPS) is 23.2. The highest BCUT2D eigenvalue weighted by Gasteiger charge is 2.47. The molecule has 1 saturated carbocycles. The molecule has 0 unspecified atom stereocenters. The van der Waals surface area contributed by atoms with Gasteiger partial charge in [0.1, 0.15) is 0 Å². The van der Waals surface area contributed by atoms with Crippen molar-refractivity contribution in [2.75, 3.05) is 27.3 Å². The van der Waals surface area contributed by atoms with Crippen molar-refractivity contribution in [2.24, 2.45) is 0 Å². The van der Waals surface area contributed by atoms with Gasteiger partial charge in [-0.2, -0.15) is 0 Å². The number of rotatable bonds is 2. The Labute approximate surface area is 134 Å². The Bertz CT molecular complexity index is 473. The fourth-order valence-corrected chi connectivity index (χ4v) is 3.76. The van der Waals surface area contributed by atoms with E-state index in [9.17, 15) is 0 Å². The van der Waals surface area contributed by atoms with Crippen molar-refractivity contribution in [3.63, 3.8) is 0 Å². The van der Waals surface area contributed by atoms with E-state index in [-0.39, 0.29) is 23.7 Å². The van der Waals surface area contributed by atoms with Crippen LogP contribution in [0, 0.1) is 6.92 Å². The molecule has 118 valence electrons. The molecule has 1 spiro atoms. The van der Waals surface area contributed by atoms with Crippen molar-refractivity contribution in [3.8, 4) is 0 Å². The summed E-state index contributed by atoms with van der Waals surface area (Å²) in [6, 6.07) is 8.93. The molecule has 0 N–H and O–H groups in total. The molecule has 2 aliphatic rings. The van der Waals surface area contributed by atoms with Crippen LogP contribution in [0.1, 0.15) is 36.8 Å². The molecule has 1 saturated heterocycles. The van der Waals surface area contributed by atoms with Crippen molar-refractivity contribution in [2.45, 2.75) is 43.9 Å². The molecular formula is C17H26ClNO2. The van der Waals surface area contributed by atoms with Crippen molar-refractivity contribution >= 4 is 12.4 Å². The molecule has 1 heterocycles. The lowest BCUT2D eigenvalue weighted by Crippen LogP contribution is -2.49. The van der Waals surface area contributed by atoms with E-state index in [1.807, 2.05) is 0 Å². The first-order valence-electron chi connectivity index (χ1n) is 7.59. The Kier molecular flexibility index (Phi) is 4.99. The highest BCUT2D eigenvalue weighted by atomic mass is 35.5. The van der Waals surface area contributed by atoms with Gasteiger partial charge >= 0.3 is 0 Å². The Balaban J connectivity index is 0.00000161. The van der Waals surface area contributed by atoms with Gasteiger partial charge in [-0.15, -0.1) is 12.4 Å². The zero-order valence-electron chi connectivity index (χ0n) is 13.2. The van der Waals surface area contributed by atoms with Crippen LogP contribution in [0.3, 0.4) is 0 Å². The highest BCUT2D eigenvalue weighted by Crippen LogP contribution is 2.47. The second-order valence-electron chi connectivity index (χ2n) is 6.40. The van der Waals surface area contributed by atoms with Gasteiger partial charge < -0.3 is 9.47 Å². The van der Waals surface area contributed by atoms with Gasteiger partial charge in [0.15, 0.2) is 5.79 Å². The number of aryl methyl sites for hydroxylation is 1. The minimum atomic E-state index is -0.288. The van der Waals surface area contributed by atoms with Crippen LogP contribution in [0.2, 0.25) is 0 Å². The third-order valence-corrected chi connectivity index (χ3v) is 5.06. The van der Waals surface area contributed by atoms with Crippen LogP contribution in [0.25, 0.3) is 0 Å². The molecule has 0 bridgehead atoms. The van der Waals surface area contributed by atoms with Gasteiger partial charge in [0.25, 0.3) is 0 Å². The van der Waals surface area contributed by atoms with E-state index in [1.54, 1.807) is 0 Å². The standard InChI is InChI=1S/C17H25NO2.ClH/c1-14-5-4-6-15(13-14)16(18(2)3)7-9-17(10-8-16)19-11-12-20-17;/h4-6,13H,7-12H2,1-3H3;1H. The minimum Gasteiger partial charge on any atom is -0.348 e. The Morgan fingerprint density at radius 1 is 1.00 bits per heavy atom. The Hall–Kier alpha value is -0.610. The first-order valence-corrected chi connectivity index (χ1v) is 7.59. The van der Waals surface area contributed by atoms with Crippen LogP contribution in [-0.2, 0) is 15.0 Å². The quantitative estimate of drug-likeness (QED) is 0.834. The number of nitrogens with zero attached hydrogens (tertiary/aromatic N) is 1. The second kappa shape index (κ2) is 6.25. The van der Waals surface area contributed by atoms with Gasteiger partial charge in [0, 0.05) is 18.4 Å². The minimum absolute atomic E-state index is 0. The summed E-state index contributed by atoms with van der Waals surface area (Å²) < 4.78 is 11.7. The maximum Gasteiger partial charge on any atom is 0.168 e. The van der Waals surface area contributed by atoms with Crippen molar-refractivity contribution in [1.82, 2.24) is 4.90 Å².